The maximum Gasteiger partial charge on any atom is 0.193 e. The molecule has 2 saturated heterocycles. The smallest absolute Gasteiger partial charge is 0.193 e. The van der Waals surface area contributed by atoms with Crippen molar-refractivity contribution in [3.8, 4) is 0 Å². The van der Waals surface area contributed by atoms with E-state index in [2.05, 4.69) is 39.6 Å². The Labute approximate surface area is 161 Å². The second-order valence-corrected chi connectivity index (χ2v) is 7.53. The maximum atomic E-state index is 5.64. The number of nitrogens with one attached hydrogen (secondary N) is 2. The van der Waals surface area contributed by atoms with Crippen molar-refractivity contribution in [2.75, 3.05) is 51.3 Å². The number of hydrogen-bond acceptors (Lipinski definition) is 4. The summed E-state index contributed by atoms with van der Waals surface area (Å²) in [5.74, 6) is 1.92. The molecule has 6 nitrogen and oxygen atoms in total. The molecule has 2 aliphatic heterocycles. The minimum Gasteiger partial charge on any atom is -0.381 e. The molecule has 2 N–H and O–H groups in total. The van der Waals surface area contributed by atoms with Gasteiger partial charge in [-0.1, -0.05) is 18.2 Å². The molecule has 0 aliphatic carbocycles. The van der Waals surface area contributed by atoms with Crippen LogP contribution < -0.4 is 10.6 Å². The minimum absolute atomic E-state index is 0.351. The molecule has 2 fully saturated rings. The summed E-state index contributed by atoms with van der Waals surface area (Å²) < 4.78 is 5.64. The van der Waals surface area contributed by atoms with Gasteiger partial charge < -0.3 is 20.3 Å². The number of rotatable bonds is 5. The number of anilines is 1. The number of hydrogen-bond donors (Lipinski definition) is 2. The Hall–Kier alpha value is -2.34. The lowest BCUT2D eigenvalue weighted by Crippen LogP contribution is -2.41. The van der Waals surface area contributed by atoms with Crippen LogP contribution in [0.5, 0.6) is 0 Å². The molecular formula is C21H29N5O. The van der Waals surface area contributed by atoms with Crippen LogP contribution in [0.15, 0.2) is 41.4 Å². The summed E-state index contributed by atoms with van der Waals surface area (Å²) in [4.78, 5) is 11.9. The van der Waals surface area contributed by atoms with E-state index in [1.165, 1.54) is 12.8 Å². The van der Waals surface area contributed by atoms with Gasteiger partial charge in [-0.05, 0) is 38.0 Å². The number of aromatic nitrogens is 1. The molecule has 1 unspecified atom stereocenters. The summed E-state index contributed by atoms with van der Waals surface area (Å²) in [6.07, 6.45) is 2.38. The zero-order valence-electron chi connectivity index (χ0n) is 16.1. The quantitative estimate of drug-likeness (QED) is 0.483. The maximum absolute atomic E-state index is 5.64. The van der Waals surface area contributed by atoms with Crippen LogP contribution in [0.4, 0.5) is 5.82 Å². The number of benzene rings is 1. The highest BCUT2D eigenvalue weighted by Gasteiger charge is 2.42. The largest absolute Gasteiger partial charge is 0.381 e. The molecular weight excluding hydrogens is 338 g/mol. The van der Waals surface area contributed by atoms with Gasteiger partial charge in [-0.2, -0.15) is 0 Å². The van der Waals surface area contributed by atoms with Crippen molar-refractivity contribution in [3.63, 3.8) is 0 Å². The molecule has 27 heavy (non-hydrogen) atoms. The minimum atomic E-state index is 0.351. The van der Waals surface area contributed by atoms with Crippen LogP contribution in [0.3, 0.4) is 0 Å². The van der Waals surface area contributed by atoms with E-state index in [9.17, 15) is 0 Å². The van der Waals surface area contributed by atoms with E-state index in [0.717, 1.165) is 68.6 Å². The second kappa shape index (κ2) is 8.13. The fraction of sp³-hybridized carbons (Fsp3) is 0.524. The Morgan fingerprint density at radius 2 is 2.19 bits per heavy atom. The molecule has 1 aromatic heterocycles. The predicted molar refractivity (Wildman–Crippen MR) is 110 cm³/mol. The number of fused-ring (bicyclic) bond motifs is 1. The second-order valence-electron chi connectivity index (χ2n) is 7.53. The molecule has 0 bridgehead atoms. The highest BCUT2D eigenvalue weighted by Crippen LogP contribution is 2.38. The highest BCUT2D eigenvalue weighted by molar-refractivity contribution is 5.81. The molecule has 0 saturated carbocycles. The van der Waals surface area contributed by atoms with Crippen molar-refractivity contribution in [3.05, 3.63) is 36.4 Å². The third kappa shape index (κ3) is 4.16. The average Bonchev–Trinajstić information content (AvgIpc) is 3.34. The first-order valence-corrected chi connectivity index (χ1v) is 9.99. The Morgan fingerprint density at radius 1 is 1.26 bits per heavy atom. The first-order valence-electron chi connectivity index (χ1n) is 9.99. The predicted octanol–water partition coefficient (Wildman–Crippen LogP) is 2.72. The third-order valence-corrected chi connectivity index (χ3v) is 5.54. The first kappa shape index (κ1) is 18.0. The number of para-hydroxylation sites is 1. The molecule has 1 spiro atoms. The molecule has 2 aliphatic rings. The van der Waals surface area contributed by atoms with Crippen molar-refractivity contribution in [2.45, 2.75) is 19.8 Å². The monoisotopic (exact) mass is 367 g/mol. The van der Waals surface area contributed by atoms with Gasteiger partial charge >= 0.3 is 0 Å². The first-order chi connectivity index (χ1) is 13.3. The van der Waals surface area contributed by atoms with E-state index in [1.807, 2.05) is 24.3 Å². The molecule has 1 atom stereocenters. The van der Waals surface area contributed by atoms with Gasteiger partial charge in [0, 0.05) is 43.6 Å². The molecule has 6 heteroatoms. The molecule has 4 rings (SSSR count). The normalized spacial score (nSPS) is 22.7. The van der Waals surface area contributed by atoms with Crippen LogP contribution in [0.1, 0.15) is 19.8 Å². The van der Waals surface area contributed by atoms with Crippen molar-refractivity contribution in [2.24, 2.45) is 10.4 Å². The van der Waals surface area contributed by atoms with E-state index in [-0.39, 0.29) is 0 Å². The highest BCUT2D eigenvalue weighted by atomic mass is 16.5. The Kier molecular flexibility index (Phi) is 5.43. The van der Waals surface area contributed by atoms with Crippen molar-refractivity contribution in [1.29, 1.82) is 0 Å². The van der Waals surface area contributed by atoms with Crippen molar-refractivity contribution < 1.29 is 4.74 Å². The Morgan fingerprint density at radius 3 is 3.04 bits per heavy atom. The number of ether oxygens (including phenoxy) is 1. The standard InChI is InChI=1S/C21H29N5O/c1-2-22-20(26-13-9-21(15-26)10-14-27-16-21)24-12-11-23-19-8-7-17-5-3-4-6-18(17)25-19/h3-8H,2,9-16H2,1H3,(H,22,24)(H,23,25). The molecule has 144 valence electrons. The topological polar surface area (TPSA) is 61.8 Å². The fourth-order valence-electron chi connectivity index (χ4n) is 4.02. The van der Waals surface area contributed by atoms with Gasteiger partial charge in [0.05, 0.1) is 18.7 Å². The SMILES string of the molecule is CCNC(=NCCNc1ccc2ccccc2n1)N1CCC2(CCOC2)C1. The Bertz CT molecular complexity index is 800. The summed E-state index contributed by atoms with van der Waals surface area (Å²) in [6.45, 7) is 8.42. The van der Waals surface area contributed by atoms with Gasteiger partial charge in [0.25, 0.3) is 0 Å². The lowest BCUT2D eigenvalue weighted by molar-refractivity contribution is 0.156. The number of nitrogens with zero attached hydrogens (tertiary/aromatic N) is 3. The summed E-state index contributed by atoms with van der Waals surface area (Å²) in [7, 11) is 0. The van der Waals surface area contributed by atoms with Crippen LogP contribution in [0.2, 0.25) is 0 Å². The summed E-state index contributed by atoms with van der Waals surface area (Å²) in [5, 5.41) is 8.00. The van der Waals surface area contributed by atoms with E-state index in [4.69, 9.17) is 9.73 Å². The number of pyridine rings is 1. The average molecular weight is 367 g/mol. The van der Waals surface area contributed by atoms with E-state index < -0.39 is 0 Å². The van der Waals surface area contributed by atoms with Gasteiger partial charge in [0.1, 0.15) is 5.82 Å². The summed E-state index contributed by atoms with van der Waals surface area (Å²) in [5.41, 5.74) is 1.36. The zero-order valence-corrected chi connectivity index (χ0v) is 16.1. The number of likely N-dealkylation sites (tertiary alicyclic amines) is 1. The number of aliphatic imine (C=N–C) groups is 1. The van der Waals surface area contributed by atoms with Crippen LogP contribution in [0.25, 0.3) is 10.9 Å². The lowest BCUT2D eigenvalue weighted by Gasteiger charge is -2.25. The molecule has 3 heterocycles. The third-order valence-electron chi connectivity index (χ3n) is 5.54. The summed E-state index contributed by atoms with van der Waals surface area (Å²) >= 11 is 0. The van der Waals surface area contributed by atoms with Gasteiger partial charge in [0.2, 0.25) is 0 Å². The van der Waals surface area contributed by atoms with E-state index >= 15 is 0 Å². The molecule has 1 aromatic carbocycles. The van der Waals surface area contributed by atoms with Crippen LogP contribution in [-0.4, -0.2) is 61.8 Å². The van der Waals surface area contributed by atoms with Crippen molar-refractivity contribution >= 4 is 22.7 Å². The van der Waals surface area contributed by atoms with Gasteiger partial charge in [-0.3, -0.25) is 4.99 Å². The van der Waals surface area contributed by atoms with Gasteiger partial charge in [0.15, 0.2) is 5.96 Å². The number of guanidine groups is 1. The summed E-state index contributed by atoms with van der Waals surface area (Å²) in [6, 6.07) is 12.3. The molecule has 2 aromatic rings. The van der Waals surface area contributed by atoms with E-state index in [1.54, 1.807) is 0 Å². The fourth-order valence-corrected chi connectivity index (χ4v) is 4.02. The lowest BCUT2D eigenvalue weighted by atomic mass is 9.87. The van der Waals surface area contributed by atoms with Crippen LogP contribution in [-0.2, 0) is 4.74 Å². The van der Waals surface area contributed by atoms with Crippen molar-refractivity contribution in [1.82, 2.24) is 15.2 Å². The van der Waals surface area contributed by atoms with Gasteiger partial charge in [-0.15, -0.1) is 0 Å². The molecule has 0 amide bonds. The van der Waals surface area contributed by atoms with Gasteiger partial charge in [-0.25, -0.2) is 4.98 Å². The Balaban J connectivity index is 1.33. The van der Waals surface area contributed by atoms with Crippen LogP contribution >= 0.6 is 0 Å². The van der Waals surface area contributed by atoms with E-state index in [0.29, 0.717) is 5.41 Å². The zero-order chi connectivity index (χ0) is 18.5. The van der Waals surface area contributed by atoms with Crippen LogP contribution in [0, 0.1) is 5.41 Å². The molecule has 0 radical (unpaired) electrons.